The second-order valence-corrected chi connectivity index (χ2v) is 7.83. The van der Waals surface area contributed by atoms with E-state index in [-0.39, 0.29) is 11.9 Å². The summed E-state index contributed by atoms with van der Waals surface area (Å²) in [5, 5.41) is 4.34. The largest absolute Gasteiger partial charge is 0.380 e. The average molecular weight is 387 g/mol. The van der Waals surface area contributed by atoms with Crippen LogP contribution in [0.2, 0.25) is 0 Å². The van der Waals surface area contributed by atoms with Crippen molar-refractivity contribution in [2.45, 2.75) is 47.2 Å². The zero-order valence-electron chi connectivity index (χ0n) is 16.5. The summed E-state index contributed by atoms with van der Waals surface area (Å²) < 4.78 is 10.5. The van der Waals surface area contributed by atoms with Crippen LogP contribution >= 0.6 is 11.3 Å². The Labute approximate surface area is 163 Å². The second kappa shape index (κ2) is 8.19. The number of hydrogen-bond acceptors (Lipinski definition) is 4. The number of hydrogen-bond donors (Lipinski definition) is 0. The van der Waals surface area contributed by atoms with Crippen molar-refractivity contribution in [1.82, 2.24) is 14.3 Å². The van der Waals surface area contributed by atoms with E-state index in [0.717, 1.165) is 10.2 Å². The number of nitrogens with zero attached hydrogens (tertiary/aromatic N) is 4. The van der Waals surface area contributed by atoms with E-state index in [1.807, 2.05) is 27.0 Å². The van der Waals surface area contributed by atoms with Gasteiger partial charge in [-0.25, -0.2) is 0 Å². The molecule has 0 saturated heterocycles. The summed E-state index contributed by atoms with van der Waals surface area (Å²) in [6, 6.07) is 6.22. The highest BCUT2D eigenvalue weighted by molar-refractivity contribution is 7.16. The molecule has 0 aliphatic carbocycles. The number of aryl methyl sites for hydroxylation is 2. The maximum absolute atomic E-state index is 12.7. The Kier molecular flexibility index (Phi) is 5.92. The van der Waals surface area contributed by atoms with E-state index in [0.29, 0.717) is 30.3 Å². The lowest BCUT2D eigenvalue weighted by molar-refractivity contribution is 0.0991. The standard InChI is InChI=1S/C20H26N4O2S/c1-6-26-10-9-23-17-12-14(4)11-15(5)18(17)27-20(23)21-19(25)16-7-8-24(22-16)13(2)3/h7-8,11-13H,6,9-10H2,1-5H3. The summed E-state index contributed by atoms with van der Waals surface area (Å²) in [4.78, 5) is 17.8. The van der Waals surface area contributed by atoms with Gasteiger partial charge < -0.3 is 9.30 Å². The minimum atomic E-state index is -0.319. The number of benzene rings is 1. The molecule has 0 fully saturated rings. The van der Waals surface area contributed by atoms with Crippen molar-refractivity contribution < 1.29 is 9.53 Å². The van der Waals surface area contributed by atoms with Crippen LogP contribution in [0.4, 0.5) is 0 Å². The van der Waals surface area contributed by atoms with Gasteiger partial charge in [0.25, 0.3) is 5.91 Å². The van der Waals surface area contributed by atoms with E-state index in [2.05, 4.69) is 40.6 Å². The van der Waals surface area contributed by atoms with Crippen molar-refractivity contribution in [3.05, 3.63) is 46.0 Å². The van der Waals surface area contributed by atoms with Gasteiger partial charge in [0.2, 0.25) is 0 Å². The van der Waals surface area contributed by atoms with Crippen molar-refractivity contribution >= 4 is 27.5 Å². The van der Waals surface area contributed by atoms with Crippen LogP contribution in [-0.2, 0) is 11.3 Å². The highest BCUT2D eigenvalue weighted by Crippen LogP contribution is 2.23. The summed E-state index contributed by atoms with van der Waals surface area (Å²) in [6.07, 6.45) is 1.81. The number of carbonyl (C=O) groups excluding carboxylic acids is 1. The molecule has 0 bridgehead atoms. The highest BCUT2D eigenvalue weighted by Gasteiger charge is 2.13. The molecule has 0 aliphatic rings. The molecule has 7 heteroatoms. The molecule has 1 aromatic carbocycles. The molecule has 0 saturated carbocycles. The Bertz CT molecular complexity index is 1030. The van der Waals surface area contributed by atoms with Crippen molar-refractivity contribution in [2.24, 2.45) is 4.99 Å². The van der Waals surface area contributed by atoms with Crippen LogP contribution in [0.25, 0.3) is 10.2 Å². The number of rotatable bonds is 6. The maximum Gasteiger partial charge on any atom is 0.300 e. The van der Waals surface area contributed by atoms with Crippen molar-refractivity contribution in [1.29, 1.82) is 0 Å². The lowest BCUT2D eigenvalue weighted by atomic mass is 10.1. The fraction of sp³-hybridized carbons (Fsp3) is 0.450. The third-order valence-electron chi connectivity index (χ3n) is 4.33. The topological polar surface area (TPSA) is 61.4 Å². The van der Waals surface area contributed by atoms with Gasteiger partial charge in [0, 0.05) is 25.4 Å². The van der Waals surface area contributed by atoms with Crippen LogP contribution in [0.15, 0.2) is 29.4 Å². The quantitative estimate of drug-likeness (QED) is 0.604. The molecule has 3 rings (SSSR count). The minimum absolute atomic E-state index is 0.206. The molecule has 0 spiro atoms. The molecule has 0 radical (unpaired) electrons. The average Bonchev–Trinajstić information content (AvgIpc) is 3.22. The van der Waals surface area contributed by atoms with Crippen molar-refractivity contribution in [3.8, 4) is 0 Å². The molecule has 2 aromatic heterocycles. The normalized spacial score (nSPS) is 12.4. The van der Waals surface area contributed by atoms with Crippen LogP contribution in [0.3, 0.4) is 0 Å². The van der Waals surface area contributed by atoms with Crippen LogP contribution in [0, 0.1) is 13.8 Å². The van der Waals surface area contributed by atoms with Gasteiger partial charge in [0.15, 0.2) is 10.5 Å². The van der Waals surface area contributed by atoms with Crippen molar-refractivity contribution in [2.75, 3.05) is 13.2 Å². The molecule has 144 valence electrons. The number of aromatic nitrogens is 3. The third-order valence-corrected chi connectivity index (χ3v) is 5.56. The van der Waals surface area contributed by atoms with E-state index >= 15 is 0 Å². The van der Waals surface area contributed by atoms with E-state index in [1.165, 1.54) is 22.5 Å². The van der Waals surface area contributed by atoms with Gasteiger partial charge in [-0.05, 0) is 57.9 Å². The first-order valence-electron chi connectivity index (χ1n) is 9.23. The molecule has 0 N–H and O–H groups in total. The molecule has 0 aliphatic heterocycles. The Balaban J connectivity index is 2.07. The van der Waals surface area contributed by atoms with Gasteiger partial charge in [-0.15, -0.1) is 0 Å². The number of fused-ring (bicyclic) bond motifs is 1. The van der Waals surface area contributed by atoms with Gasteiger partial charge in [-0.2, -0.15) is 10.1 Å². The molecule has 2 heterocycles. The number of ether oxygens (including phenoxy) is 1. The Hall–Kier alpha value is -2.25. The van der Waals surface area contributed by atoms with Gasteiger partial charge >= 0.3 is 0 Å². The zero-order valence-corrected chi connectivity index (χ0v) is 17.3. The molecule has 0 unspecified atom stereocenters. The van der Waals surface area contributed by atoms with Gasteiger partial charge in [-0.3, -0.25) is 9.48 Å². The number of carbonyl (C=O) groups is 1. The molecule has 1 amide bonds. The number of thiazole rings is 1. The van der Waals surface area contributed by atoms with E-state index in [9.17, 15) is 4.79 Å². The number of amides is 1. The summed E-state index contributed by atoms with van der Waals surface area (Å²) in [5.74, 6) is -0.319. The smallest absolute Gasteiger partial charge is 0.300 e. The molecule has 6 nitrogen and oxygen atoms in total. The fourth-order valence-corrected chi connectivity index (χ4v) is 4.10. The van der Waals surface area contributed by atoms with Crippen LogP contribution in [0.1, 0.15) is 48.4 Å². The van der Waals surface area contributed by atoms with Crippen molar-refractivity contribution in [3.63, 3.8) is 0 Å². The first-order valence-corrected chi connectivity index (χ1v) is 10.0. The molecule has 3 aromatic rings. The van der Waals surface area contributed by atoms with E-state index in [1.54, 1.807) is 10.7 Å². The highest BCUT2D eigenvalue weighted by atomic mass is 32.1. The Morgan fingerprint density at radius 2 is 2.11 bits per heavy atom. The summed E-state index contributed by atoms with van der Waals surface area (Å²) in [7, 11) is 0. The zero-order chi connectivity index (χ0) is 19.6. The fourth-order valence-electron chi connectivity index (χ4n) is 3.00. The monoisotopic (exact) mass is 386 g/mol. The van der Waals surface area contributed by atoms with Crippen LogP contribution in [-0.4, -0.2) is 33.5 Å². The Morgan fingerprint density at radius 1 is 1.33 bits per heavy atom. The Morgan fingerprint density at radius 3 is 2.78 bits per heavy atom. The van der Waals surface area contributed by atoms with Crippen LogP contribution in [0.5, 0.6) is 0 Å². The third kappa shape index (κ3) is 4.20. The van der Waals surface area contributed by atoms with Gasteiger partial charge in [0.1, 0.15) is 0 Å². The summed E-state index contributed by atoms with van der Waals surface area (Å²) in [5.41, 5.74) is 3.84. The first kappa shape index (κ1) is 19.5. The lowest BCUT2D eigenvalue weighted by Crippen LogP contribution is -2.20. The molecular formula is C20H26N4O2S. The maximum atomic E-state index is 12.7. The molecular weight excluding hydrogens is 360 g/mol. The van der Waals surface area contributed by atoms with Crippen LogP contribution < -0.4 is 4.80 Å². The lowest BCUT2D eigenvalue weighted by Gasteiger charge is -2.06. The summed E-state index contributed by atoms with van der Waals surface area (Å²) in [6.45, 7) is 12.1. The first-order chi connectivity index (χ1) is 12.9. The van der Waals surface area contributed by atoms with E-state index < -0.39 is 0 Å². The second-order valence-electron chi connectivity index (χ2n) is 6.85. The van der Waals surface area contributed by atoms with Gasteiger partial charge in [0.05, 0.1) is 16.8 Å². The predicted molar refractivity (Wildman–Crippen MR) is 108 cm³/mol. The van der Waals surface area contributed by atoms with E-state index in [4.69, 9.17) is 4.74 Å². The molecule has 27 heavy (non-hydrogen) atoms. The SMILES string of the molecule is CCOCCn1c(=NC(=O)c2ccn(C(C)C)n2)sc2c(C)cc(C)cc21. The summed E-state index contributed by atoms with van der Waals surface area (Å²) >= 11 is 1.54. The molecule has 0 atom stereocenters. The minimum Gasteiger partial charge on any atom is -0.380 e. The van der Waals surface area contributed by atoms with Gasteiger partial charge in [-0.1, -0.05) is 17.4 Å². The predicted octanol–water partition coefficient (Wildman–Crippen LogP) is 3.87.